The van der Waals surface area contributed by atoms with Gasteiger partial charge < -0.3 is 10.6 Å². The van der Waals surface area contributed by atoms with E-state index in [4.69, 9.17) is 4.98 Å². The lowest BCUT2D eigenvalue weighted by Gasteiger charge is -2.27. The zero-order chi connectivity index (χ0) is 21.2. The highest BCUT2D eigenvalue weighted by molar-refractivity contribution is 6.04. The molecule has 31 heavy (non-hydrogen) atoms. The Bertz CT molecular complexity index is 1240. The van der Waals surface area contributed by atoms with E-state index in [1.807, 2.05) is 61.8 Å². The largest absolute Gasteiger partial charge is 0.357 e. The number of carbonyl (C=O) groups is 1. The number of carbonyl (C=O) groups excluding carboxylic acids is 1. The number of benzene rings is 3. The quantitative estimate of drug-likeness (QED) is 0.493. The van der Waals surface area contributed by atoms with E-state index in [0.29, 0.717) is 11.5 Å². The Hall–Kier alpha value is -3.99. The van der Waals surface area contributed by atoms with Gasteiger partial charge in [0.15, 0.2) is 0 Å². The number of amides is 1. The van der Waals surface area contributed by atoms with Gasteiger partial charge in [0.1, 0.15) is 0 Å². The zero-order valence-electron chi connectivity index (χ0n) is 17.2. The van der Waals surface area contributed by atoms with E-state index < -0.39 is 0 Å². The molecule has 4 aromatic rings. The first kappa shape index (κ1) is 19.0. The van der Waals surface area contributed by atoms with E-state index in [-0.39, 0.29) is 11.8 Å². The summed E-state index contributed by atoms with van der Waals surface area (Å²) in [5.41, 5.74) is 7.18. The lowest BCUT2D eigenvalue weighted by molar-refractivity contribution is 0.102. The van der Waals surface area contributed by atoms with Crippen molar-refractivity contribution in [1.29, 1.82) is 0 Å². The summed E-state index contributed by atoms with van der Waals surface area (Å²) in [4.78, 5) is 21.5. The molecule has 1 heterocycles. The van der Waals surface area contributed by atoms with Gasteiger partial charge in [0, 0.05) is 36.0 Å². The Kier molecular flexibility index (Phi) is 4.92. The van der Waals surface area contributed by atoms with Crippen molar-refractivity contribution in [3.63, 3.8) is 0 Å². The van der Waals surface area contributed by atoms with Gasteiger partial charge in [0.25, 0.3) is 5.91 Å². The molecule has 1 atom stereocenters. The summed E-state index contributed by atoms with van der Waals surface area (Å²) in [5, 5.41) is 6.00. The second-order valence-electron chi connectivity index (χ2n) is 7.60. The number of rotatable bonds is 4. The van der Waals surface area contributed by atoms with Gasteiger partial charge >= 0.3 is 0 Å². The van der Waals surface area contributed by atoms with E-state index in [9.17, 15) is 4.79 Å². The minimum atomic E-state index is -0.109. The molecule has 0 bridgehead atoms. The zero-order valence-corrected chi connectivity index (χ0v) is 17.2. The Balaban J connectivity index is 1.43. The SMILES string of the molecule is CNc1ncc2c(n1)-c1ccccc1C(c1ccc(NC(=O)c3ccccc3)cc1)C2. The van der Waals surface area contributed by atoms with Gasteiger partial charge in [-0.1, -0.05) is 54.6 Å². The van der Waals surface area contributed by atoms with Crippen molar-refractivity contribution >= 4 is 17.5 Å². The molecule has 0 spiro atoms. The molecule has 3 aromatic carbocycles. The third-order valence-corrected chi connectivity index (χ3v) is 5.71. The Labute approximate surface area is 181 Å². The minimum absolute atomic E-state index is 0.109. The highest BCUT2D eigenvalue weighted by Crippen LogP contribution is 2.41. The van der Waals surface area contributed by atoms with Crippen molar-refractivity contribution in [2.24, 2.45) is 0 Å². The molecule has 1 aliphatic rings. The number of hydrogen-bond acceptors (Lipinski definition) is 4. The fraction of sp³-hybridized carbons (Fsp3) is 0.115. The first-order chi connectivity index (χ1) is 15.2. The average Bonchev–Trinajstić information content (AvgIpc) is 2.84. The molecule has 0 saturated heterocycles. The predicted molar refractivity (Wildman–Crippen MR) is 123 cm³/mol. The summed E-state index contributed by atoms with van der Waals surface area (Å²) in [6.07, 6.45) is 2.76. The monoisotopic (exact) mass is 406 g/mol. The number of nitrogens with zero attached hydrogens (tertiary/aromatic N) is 2. The van der Waals surface area contributed by atoms with Crippen LogP contribution in [0.2, 0.25) is 0 Å². The third-order valence-electron chi connectivity index (χ3n) is 5.71. The van der Waals surface area contributed by atoms with Crippen LogP contribution in [-0.2, 0) is 6.42 Å². The standard InChI is InChI=1S/C26H22N4O/c1-27-26-28-16-19-15-23(21-9-5-6-10-22(21)24(19)30-26)17-11-13-20(14-12-17)29-25(31)18-7-3-2-4-8-18/h2-14,16,23H,15H2,1H3,(H,29,31)(H,27,28,30). The first-order valence-electron chi connectivity index (χ1n) is 10.3. The fourth-order valence-corrected chi connectivity index (χ4v) is 4.15. The highest BCUT2D eigenvalue weighted by atomic mass is 16.1. The van der Waals surface area contributed by atoms with E-state index in [2.05, 4.69) is 45.9 Å². The predicted octanol–water partition coefficient (Wildman–Crippen LogP) is 5.13. The molecule has 2 N–H and O–H groups in total. The van der Waals surface area contributed by atoms with Crippen LogP contribution >= 0.6 is 0 Å². The molecule has 152 valence electrons. The number of anilines is 2. The number of aromatic nitrogens is 2. The van der Waals surface area contributed by atoms with E-state index in [0.717, 1.165) is 28.9 Å². The Morgan fingerprint density at radius 2 is 1.68 bits per heavy atom. The molecule has 1 amide bonds. The summed E-state index contributed by atoms with van der Waals surface area (Å²) < 4.78 is 0. The molecular formula is C26H22N4O. The van der Waals surface area contributed by atoms with Crippen LogP contribution in [0, 0.1) is 0 Å². The lowest BCUT2D eigenvalue weighted by atomic mass is 9.78. The summed E-state index contributed by atoms with van der Waals surface area (Å²) in [6, 6.07) is 25.8. The molecule has 5 rings (SSSR count). The number of fused-ring (bicyclic) bond motifs is 3. The number of nitrogens with one attached hydrogen (secondary N) is 2. The summed E-state index contributed by atoms with van der Waals surface area (Å²) in [6.45, 7) is 0. The van der Waals surface area contributed by atoms with Crippen LogP contribution in [0.4, 0.5) is 11.6 Å². The van der Waals surface area contributed by atoms with Crippen LogP contribution in [0.3, 0.4) is 0 Å². The van der Waals surface area contributed by atoms with Gasteiger partial charge in [-0.3, -0.25) is 4.79 Å². The van der Waals surface area contributed by atoms with Crippen LogP contribution in [0.5, 0.6) is 0 Å². The van der Waals surface area contributed by atoms with Crippen molar-refractivity contribution in [3.05, 3.63) is 107 Å². The van der Waals surface area contributed by atoms with Crippen LogP contribution < -0.4 is 10.6 Å². The topological polar surface area (TPSA) is 66.9 Å². The summed E-state index contributed by atoms with van der Waals surface area (Å²) in [7, 11) is 1.83. The normalized spacial score (nSPS) is 14.3. The summed E-state index contributed by atoms with van der Waals surface area (Å²) >= 11 is 0. The molecular weight excluding hydrogens is 384 g/mol. The fourth-order valence-electron chi connectivity index (χ4n) is 4.15. The van der Waals surface area contributed by atoms with Crippen molar-refractivity contribution in [2.45, 2.75) is 12.3 Å². The van der Waals surface area contributed by atoms with Gasteiger partial charge in [-0.2, -0.15) is 0 Å². The Morgan fingerprint density at radius 3 is 2.45 bits per heavy atom. The maximum absolute atomic E-state index is 12.4. The van der Waals surface area contributed by atoms with Gasteiger partial charge in [0.05, 0.1) is 5.69 Å². The van der Waals surface area contributed by atoms with Crippen LogP contribution in [0.15, 0.2) is 85.1 Å². The van der Waals surface area contributed by atoms with Crippen molar-refractivity contribution in [2.75, 3.05) is 17.7 Å². The molecule has 1 aromatic heterocycles. The van der Waals surface area contributed by atoms with Crippen molar-refractivity contribution in [1.82, 2.24) is 9.97 Å². The van der Waals surface area contributed by atoms with E-state index in [1.54, 1.807) is 0 Å². The van der Waals surface area contributed by atoms with Gasteiger partial charge in [-0.05, 0) is 47.4 Å². The van der Waals surface area contributed by atoms with Crippen LogP contribution in [-0.4, -0.2) is 22.9 Å². The molecule has 0 fully saturated rings. The average molecular weight is 406 g/mol. The van der Waals surface area contributed by atoms with Crippen LogP contribution in [0.1, 0.15) is 33.0 Å². The third kappa shape index (κ3) is 3.66. The maximum atomic E-state index is 12.4. The molecule has 0 aliphatic heterocycles. The smallest absolute Gasteiger partial charge is 0.255 e. The van der Waals surface area contributed by atoms with Crippen LogP contribution in [0.25, 0.3) is 11.3 Å². The van der Waals surface area contributed by atoms with Crippen molar-refractivity contribution < 1.29 is 4.79 Å². The molecule has 5 nitrogen and oxygen atoms in total. The highest BCUT2D eigenvalue weighted by Gasteiger charge is 2.27. The molecule has 1 aliphatic carbocycles. The number of hydrogen-bond donors (Lipinski definition) is 2. The van der Waals surface area contributed by atoms with E-state index >= 15 is 0 Å². The van der Waals surface area contributed by atoms with Gasteiger partial charge in [-0.15, -0.1) is 0 Å². The second kappa shape index (κ2) is 8.03. The minimum Gasteiger partial charge on any atom is -0.357 e. The summed E-state index contributed by atoms with van der Waals surface area (Å²) in [5.74, 6) is 0.736. The molecule has 5 heteroatoms. The first-order valence-corrected chi connectivity index (χ1v) is 10.3. The lowest BCUT2D eigenvalue weighted by Crippen LogP contribution is -2.15. The Morgan fingerprint density at radius 1 is 0.935 bits per heavy atom. The van der Waals surface area contributed by atoms with Gasteiger partial charge in [-0.25, -0.2) is 9.97 Å². The van der Waals surface area contributed by atoms with Gasteiger partial charge in [0.2, 0.25) is 5.95 Å². The molecule has 0 radical (unpaired) electrons. The van der Waals surface area contributed by atoms with Crippen molar-refractivity contribution in [3.8, 4) is 11.3 Å². The molecule has 1 unspecified atom stereocenters. The maximum Gasteiger partial charge on any atom is 0.255 e. The molecule has 0 saturated carbocycles. The van der Waals surface area contributed by atoms with E-state index in [1.165, 1.54) is 11.1 Å². The second-order valence-corrected chi connectivity index (χ2v) is 7.60.